The maximum atomic E-state index is 3.57. The highest BCUT2D eigenvalue weighted by atomic mass is 32.1. The number of aryl methyl sites for hydroxylation is 1. The number of nitrogens with zero attached hydrogens (tertiary/aromatic N) is 1. The number of thiophene rings is 1. The number of piperidine rings is 1. The van der Waals surface area contributed by atoms with Gasteiger partial charge >= 0.3 is 0 Å². The molecule has 3 heteroatoms. The second-order valence-corrected chi connectivity index (χ2v) is 6.81. The van der Waals surface area contributed by atoms with Crippen molar-refractivity contribution in [2.45, 2.75) is 38.8 Å². The van der Waals surface area contributed by atoms with Gasteiger partial charge < -0.3 is 5.32 Å². The van der Waals surface area contributed by atoms with Crippen molar-refractivity contribution in [1.29, 1.82) is 0 Å². The maximum Gasteiger partial charge on any atom is 0.0417 e. The highest BCUT2D eigenvalue weighted by molar-refractivity contribution is 7.12. The Morgan fingerprint density at radius 1 is 1.41 bits per heavy atom. The minimum Gasteiger partial charge on any atom is -0.315 e. The van der Waals surface area contributed by atoms with Gasteiger partial charge in [-0.2, -0.15) is 0 Å². The molecule has 0 spiro atoms. The van der Waals surface area contributed by atoms with E-state index in [2.05, 4.69) is 36.2 Å². The van der Waals surface area contributed by atoms with Crippen LogP contribution in [0, 0.1) is 12.8 Å². The first-order valence-corrected chi connectivity index (χ1v) is 7.60. The predicted molar refractivity (Wildman–Crippen MR) is 73.6 cm³/mol. The Morgan fingerprint density at radius 3 is 3.06 bits per heavy atom. The SMILES string of the molecule is Cc1ccc(C(C)N2CCCC3CNCC32)s1. The molecule has 2 aliphatic rings. The molecule has 2 saturated heterocycles. The van der Waals surface area contributed by atoms with Gasteiger partial charge in [0.15, 0.2) is 0 Å². The Hall–Kier alpha value is -0.380. The van der Waals surface area contributed by atoms with E-state index in [0.717, 1.165) is 12.0 Å². The van der Waals surface area contributed by atoms with Gasteiger partial charge in [-0.3, -0.25) is 4.90 Å². The molecule has 3 unspecified atom stereocenters. The molecule has 0 aliphatic carbocycles. The van der Waals surface area contributed by atoms with Crippen molar-refractivity contribution in [2.75, 3.05) is 19.6 Å². The number of nitrogens with one attached hydrogen (secondary N) is 1. The van der Waals surface area contributed by atoms with Gasteiger partial charge in [-0.15, -0.1) is 11.3 Å². The van der Waals surface area contributed by atoms with E-state index in [4.69, 9.17) is 0 Å². The molecule has 2 aliphatic heterocycles. The van der Waals surface area contributed by atoms with Gasteiger partial charge in [0.2, 0.25) is 0 Å². The van der Waals surface area contributed by atoms with Crippen molar-refractivity contribution >= 4 is 11.3 Å². The number of likely N-dealkylation sites (tertiary alicyclic amines) is 1. The van der Waals surface area contributed by atoms with Gasteiger partial charge in [-0.05, 0) is 57.8 Å². The zero-order valence-corrected chi connectivity index (χ0v) is 11.6. The van der Waals surface area contributed by atoms with E-state index in [0.29, 0.717) is 6.04 Å². The van der Waals surface area contributed by atoms with E-state index in [-0.39, 0.29) is 0 Å². The summed E-state index contributed by atoms with van der Waals surface area (Å²) in [5.74, 6) is 0.896. The predicted octanol–water partition coefficient (Wildman–Crippen LogP) is 2.80. The molecule has 1 aromatic rings. The van der Waals surface area contributed by atoms with Crippen LogP contribution >= 0.6 is 11.3 Å². The molecule has 3 heterocycles. The number of fused-ring (bicyclic) bond motifs is 1. The summed E-state index contributed by atoms with van der Waals surface area (Å²) in [6, 6.07) is 5.95. The van der Waals surface area contributed by atoms with Crippen LogP contribution in [0.5, 0.6) is 0 Å². The summed E-state index contributed by atoms with van der Waals surface area (Å²) in [5, 5.41) is 3.57. The summed E-state index contributed by atoms with van der Waals surface area (Å²) in [6.45, 7) is 8.29. The minimum absolute atomic E-state index is 0.599. The lowest BCUT2D eigenvalue weighted by atomic mass is 9.91. The first-order chi connectivity index (χ1) is 8.25. The van der Waals surface area contributed by atoms with Crippen molar-refractivity contribution in [3.8, 4) is 0 Å². The van der Waals surface area contributed by atoms with Crippen LogP contribution in [0.4, 0.5) is 0 Å². The molecule has 0 bridgehead atoms. The molecule has 0 aromatic carbocycles. The molecule has 2 nitrogen and oxygen atoms in total. The van der Waals surface area contributed by atoms with Gasteiger partial charge in [0.05, 0.1) is 0 Å². The van der Waals surface area contributed by atoms with Crippen LogP contribution in [0.2, 0.25) is 0 Å². The first kappa shape index (κ1) is 11.7. The molecule has 94 valence electrons. The van der Waals surface area contributed by atoms with Crippen molar-refractivity contribution in [2.24, 2.45) is 5.92 Å². The zero-order valence-electron chi connectivity index (χ0n) is 10.8. The van der Waals surface area contributed by atoms with Crippen molar-refractivity contribution in [3.05, 3.63) is 21.9 Å². The Labute approximate surface area is 108 Å². The van der Waals surface area contributed by atoms with Gasteiger partial charge in [0.25, 0.3) is 0 Å². The van der Waals surface area contributed by atoms with Crippen LogP contribution in [-0.4, -0.2) is 30.6 Å². The van der Waals surface area contributed by atoms with E-state index in [1.165, 1.54) is 42.2 Å². The van der Waals surface area contributed by atoms with Gasteiger partial charge in [0.1, 0.15) is 0 Å². The van der Waals surface area contributed by atoms with Crippen LogP contribution in [0.1, 0.15) is 35.6 Å². The molecule has 3 atom stereocenters. The maximum absolute atomic E-state index is 3.57. The van der Waals surface area contributed by atoms with E-state index < -0.39 is 0 Å². The van der Waals surface area contributed by atoms with Crippen LogP contribution < -0.4 is 5.32 Å². The summed E-state index contributed by atoms with van der Waals surface area (Å²) >= 11 is 1.96. The number of rotatable bonds is 2. The molecule has 17 heavy (non-hydrogen) atoms. The average molecular weight is 250 g/mol. The molecule has 0 saturated carbocycles. The van der Waals surface area contributed by atoms with Crippen molar-refractivity contribution in [3.63, 3.8) is 0 Å². The standard InChI is InChI=1S/C14H22N2S/c1-10-5-6-14(17-10)11(2)16-7-3-4-12-8-15-9-13(12)16/h5-6,11-13,15H,3-4,7-9H2,1-2H3. The number of hydrogen-bond acceptors (Lipinski definition) is 3. The highest BCUT2D eigenvalue weighted by Gasteiger charge is 2.37. The van der Waals surface area contributed by atoms with Crippen molar-refractivity contribution in [1.82, 2.24) is 10.2 Å². The van der Waals surface area contributed by atoms with Crippen LogP contribution in [0.15, 0.2) is 12.1 Å². The molecule has 2 fully saturated rings. The molecule has 3 rings (SSSR count). The minimum atomic E-state index is 0.599. The van der Waals surface area contributed by atoms with E-state index >= 15 is 0 Å². The third kappa shape index (κ3) is 2.16. The second kappa shape index (κ2) is 4.71. The fourth-order valence-electron chi connectivity index (χ4n) is 3.43. The molecule has 0 radical (unpaired) electrons. The van der Waals surface area contributed by atoms with Gasteiger partial charge in [0, 0.05) is 28.4 Å². The fraction of sp³-hybridized carbons (Fsp3) is 0.714. The lowest BCUT2D eigenvalue weighted by Gasteiger charge is -2.40. The molecule has 1 aromatic heterocycles. The third-order valence-electron chi connectivity index (χ3n) is 4.39. The smallest absolute Gasteiger partial charge is 0.0417 e. The quantitative estimate of drug-likeness (QED) is 0.868. The second-order valence-electron chi connectivity index (χ2n) is 5.49. The molecule has 0 amide bonds. The fourth-order valence-corrected chi connectivity index (χ4v) is 4.38. The lowest BCUT2D eigenvalue weighted by Crippen LogP contribution is -2.45. The van der Waals surface area contributed by atoms with Crippen LogP contribution in [-0.2, 0) is 0 Å². The van der Waals surface area contributed by atoms with Gasteiger partial charge in [-0.1, -0.05) is 0 Å². The Bertz CT molecular complexity index is 387. The summed E-state index contributed by atoms with van der Waals surface area (Å²) < 4.78 is 0. The zero-order chi connectivity index (χ0) is 11.8. The highest BCUT2D eigenvalue weighted by Crippen LogP contribution is 2.35. The largest absolute Gasteiger partial charge is 0.315 e. The molecular weight excluding hydrogens is 228 g/mol. The molecular formula is C14H22N2S. The monoisotopic (exact) mass is 250 g/mol. The Morgan fingerprint density at radius 2 is 2.29 bits per heavy atom. The lowest BCUT2D eigenvalue weighted by molar-refractivity contribution is 0.0862. The van der Waals surface area contributed by atoms with Crippen LogP contribution in [0.3, 0.4) is 0 Å². The first-order valence-electron chi connectivity index (χ1n) is 6.78. The normalized spacial score (nSPS) is 31.4. The Kier molecular flexibility index (Phi) is 3.24. The van der Waals surface area contributed by atoms with Gasteiger partial charge in [-0.25, -0.2) is 0 Å². The summed E-state index contributed by atoms with van der Waals surface area (Å²) in [7, 11) is 0. The summed E-state index contributed by atoms with van der Waals surface area (Å²) in [4.78, 5) is 5.71. The van der Waals surface area contributed by atoms with Crippen LogP contribution in [0.25, 0.3) is 0 Å². The number of hydrogen-bond donors (Lipinski definition) is 1. The summed E-state index contributed by atoms with van der Waals surface area (Å²) in [6.07, 6.45) is 2.79. The molecule has 1 N–H and O–H groups in total. The van der Waals surface area contributed by atoms with E-state index in [1.807, 2.05) is 11.3 Å². The van der Waals surface area contributed by atoms with E-state index in [9.17, 15) is 0 Å². The van der Waals surface area contributed by atoms with Crippen molar-refractivity contribution < 1.29 is 0 Å². The Balaban J connectivity index is 1.78. The third-order valence-corrected chi connectivity index (χ3v) is 5.56. The average Bonchev–Trinajstić information content (AvgIpc) is 2.95. The summed E-state index contributed by atoms with van der Waals surface area (Å²) in [5.41, 5.74) is 0. The topological polar surface area (TPSA) is 15.3 Å². The van der Waals surface area contributed by atoms with E-state index in [1.54, 1.807) is 0 Å².